The van der Waals surface area contributed by atoms with Crippen molar-refractivity contribution in [3.05, 3.63) is 59.9 Å². The van der Waals surface area contributed by atoms with E-state index >= 15 is 0 Å². The highest BCUT2D eigenvalue weighted by molar-refractivity contribution is 7.80. The van der Waals surface area contributed by atoms with Gasteiger partial charge in [-0.1, -0.05) is 23.8 Å². The van der Waals surface area contributed by atoms with Crippen LogP contribution in [0, 0.1) is 12.7 Å². The Bertz CT molecular complexity index is 628. The molecule has 0 aliphatic heterocycles. The van der Waals surface area contributed by atoms with Crippen LogP contribution in [-0.4, -0.2) is 25.2 Å². The molecule has 0 saturated carbocycles. The lowest BCUT2D eigenvalue weighted by molar-refractivity contribution is 0.628. The molecule has 0 radical (unpaired) electrons. The van der Waals surface area contributed by atoms with Crippen LogP contribution in [0.15, 0.2) is 48.5 Å². The maximum absolute atomic E-state index is 13.1. The van der Waals surface area contributed by atoms with Crippen LogP contribution < -0.4 is 15.5 Å². The summed E-state index contributed by atoms with van der Waals surface area (Å²) in [6.07, 6.45) is 0. The van der Waals surface area contributed by atoms with Gasteiger partial charge >= 0.3 is 0 Å². The zero-order valence-corrected chi connectivity index (χ0v) is 13.6. The van der Waals surface area contributed by atoms with Gasteiger partial charge in [0.1, 0.15) is 5.82 Å². The number of hydrogen-bond acceptors (Lipinski definition) is 2. The van der Waals surface area contributed by atoms with Crippen molar-refractivity contribution in [1.29, 1.82) is 0 Å². The van der Waals surface area contributed by atoms with Crippen molar-refractivity contribution in [3.63, 3.8) is 0 Å². The van der Waals surface area contributed by atoms with Crippen LogP contribution >= 0.6 is 12.2 Å². The average Bonchev–Trinajstić information content (AvgIpc) is 2.47. The maximum atomic E-state index is 13.1. The molecule has 0 unspecified atom stereocenters. The molecule has 2 aromatic rings. The molecule has 0 heterocycles. The van der Waals surface area contributed by atoms with Gasteiger partial charge in [-0.15, -0.1) is 0 Å². The lowest BCUT2D eigenvalue weighted by atomic mass is 10.2. The van der Waals surface area contributed by atoms with E-state index in [0.29, 0.717) is 17.3 Å². The van der Waals surface area contributed by atoms with Crippen molar-refractivity contribution < 1.29 is 4.39 Å². The van der Waals surface area contributed by atoms with Crippen LogP contribution in [-0.2, 0) is 0 Å². The summed E-state index contributed by atoms with van der Waals surface area (Å²) in [6, 6.07) is 14.6. The molecule has 2 aromatic carbocycles. The molecule has 0 fully saturated rings. The molecule has 2 rings (SSSR count). The lowest BCUT2D eigenvalue weighted by Crippen LogP contribution is -2.35. The molecule has 0 aliphatic rings. The number of nitrogens with zero attached hydrogens (tertiary/aromatic N) is 1. The lowest BCUT2D eigenvalue weighted by Gasteiger charge is -2.20. The molecule has 0 aliphatic carbocycles. The predicted molar refractivity (Wildman–Crippen MR) is 95.1 cm³/mol. The molecule has 116 valence electrons. The van der Waals surface area contributed by atoms with Crippen molar-refractivity contribution >= 4 is 28.7 Å². The Morgan fingerprint density at radius 3 is 2.59 bits per heavy atom. The molecule has 0 spiro atoms. The van der Waals surface area contributed by atoms with Gasteiger partial charge in [0.05, 0.1) is 0 Å². The molecule has 0 aromatic heterocycles. The van der Waals surface area contributed by atoms with Crippen molar-refractivity contribution in [2.24, 2.45) is 0 Å². The van der Waals surface area contributed by atoms with E-state index in [2.05, 4.69) is 46.7 Å². The summed E-state index contributed by atoms with van der Waals surface area (Å²) in [7, 11) is 2.04. The van der Waals surface area contributed by atoms with Gasteiger partial charge in [0.2, 0.25) is 0 Å². The fourth-order valence-electron chi connectivity index (χ4n) is 2.01. The first-order chi connectivity index (χ1) is 10.5. The first-order valence-corrected chi connectivity index (χ1v) is 7.53. The Kier molecular flexibility index (Phi) is 5.72. The molecule has 2 N–H and O–H groups in total. The minimum absolute atomic E-state index is 0.285. The highest BCUT2D eigenvalue weighted by Crippen LogP contribution is 2.12. The SMILES string of the molecule is Cc1ccc(N(C)CCNC(=S)Nc2cccc(F)c2)cc1. The number of aryl methyl sites for hydroxylation is 1. The Hall–Kier alpha value is -2.14. The topological polar surface area (TPSA) is 27.3 Å². The van der Waals surface area contributed by atoms with E-state index in [0.717, 1.165) is 12.2 Å². The van der Waals surface area contributed by atoms with Gasteiger partial charge in [0.15, 0.2) is 5.11 Å². The molecule has 0 saturated heterocycles. The third-order valence-corrected chi connectivity index (χ3v) is 3.54. The quantitative estimate of drug-likeness (QED) is 0.825. The van der Waals surface area contributed by atoms with E-state index in [1.807, 2.05) is 7.05 Å². The standard InChI is InChI=1S/C17H20FN3S/c1-13-6-8-16(9-7-13)21(2)11-10-19-17(22)20-15-5-3-4-14(18)12-15/h3-9,12H,10-11H2,1-2H3,(H2,19,20,22). The summed E-state index contributed by atoms with van der Waals surface area (Å²) in [5, 5.41) is 6.57. The zero-order valence-electron chi connectivity index (χ0n) is 12.8. The van der Waals surface area contributed by atoms with Crippen LogP contribution in [0.4, 0.5) is 15.8 Å². The van der Waals surface area contributed by atoms with Gasteiger partial charge in [-0.2, -0.15) is 0 Å². The number of anilines is 2. The number of hydrogen-bond donors (Lipinski definition) is 2. The van der Waals surface area contributed by atoms with Crippen LogP contribution in [0.3, 0.4) is 0 Å². The van der Waals surface area contributed by atoms with Crippen molar-refractivity contribution in [2.75, 3.05) is 30.4 Å². The first-order valence-electron chi connectivity index (χ1n) is 7.13. The smallest absolute Gasteiger partial charge is 0.170 e. The zero-order chi connectivity index (χ0) is 15.9. The summed E-state index contributed by atoms with van der Waals surface area (Å²) in [5.41, 5.74) is 3.05. The van der Waals surface area contributed by atoms with Crippen molar-refractivity contribution in [1.82, 2.24) is 5.32 Å². The number of rotatable bonds is 5. The van der Waals surface area contributed by atoms with Crippen molar-refractivity contribution in [2.45, 2.75) is 6.92 Å². The molecule has 0 atom stereocenters. The van der Waals surface area contributed by atoms with Gasteiger partial charge in [-0.25, -0.2) is 4.39 Å². The second-order valence-corrected chi connectivity index (χ2v) is 5.56. The Balaban J connectivity index is 1.76. The number of likely N-dealkylation sites (N-methyl/N-ethyl adjacent to an activating group) is 1. The molecule has 0 amide bonds. The van der Waals surface area contributed by atoms with Gasteiger partial charge in [0.25, 0.3) is 0 Å². The molecule has 22 heavy (non-hydrogen) atoms. The first kappa shape index (κ1) is 16.2. The molecule has 3 nitrogen and oxygen atoms in total. The normalized spacial score (nSPS) is 10.1. The fraction of sp³-hybridized carbons (Fsp3) is 0.235. The van der Waals surface area contributed by atoms with Gasteiger partial charge in [-0.05, 0) is 49.5 Å². The molecular weight excluding hydrogens is 297 g/mol. The minimum Gasteiger partial charge on any atom is -0.373 e. The average molecular weight is 317 g/mol. The summed E-state index contributed by atoms with van der Waals surface area (Å²) in [5.74, 6) is -0.285. The summed E-state index contributed by atoms with van der Waals surface area (Å²) < 4.78 is 13.1. The second-order valence-electron chi connectivity index (χ2n) is 5.15. The fourth-order valence-corrected chi connectivity index (χ4v) is 2.23. The third kappa shape index (κ3) is 5.00. The summed E-state index contributed by atoms with van der Waals surface area (Å²) >= 11 is 5.20. The monoisotopic (exact) mass is 317 g/mol. The number of nitrogens with one attached hydrogen (secondary N) is 2. The third-order valence-electron chi connectivity index (χ3n) is 3.29. The van der Waals surface area contributed by atoms with Crippen LogP contribution in [0.5, 0.6) is 0 Å². The number of benzene rings is 2. The number of halogens is 1. The van der Waals surface area contributed by atoms with Crippen molar-refractivity contribution in [3.8, 4) is 0 Å². The van der Waals surface area contributed by atoms with E-state index in [4.69, 9.17) is 12.2 Å². The van der Waals surface area contributed by atoms with Gasteiger partial charge < -0.3 is 15.5 Å². The highest BCUT2D eigenvalue weighted by atomic mass is 32.1. The number of thiocarbonyl (C=S) groups is 1. The van der Waals surface area contributed by atoms with E-state index in [1.165, 1.54) is 17.7 Å². The van der Waals surface area contributed by atoms with E-state index in [9.17, 15) is 4.39 Å². The van der Waals surface area contributed by atoms with Crippen LogP contribution in [0.1, 0.15) is 5.56 Å². The molecule has 5 heteroatoms. The van der Waals surface area contributed by atoms with E-state index in [-0.39, 0.29) is 5.82 Å². The largest absolute Gasteiger partial charge is 0.373 e. The Labute approximate surface area is 136 Å². The minimum atomic E-state index is -0.285. The Morgan fingerprint density at radius 2 is 1.91 bits per heavy atom. The molecule has 0 bridgehead atoms. The summed E-state index contributed by atoms with van der Waals surface area (Å²) in [4.78, 5) is 2.15. The van der Waals surface area contributed by atoms with Gasteiger partial charge in [-0.3, -0.25) is 0 Å². The summed E-state index contributed by atoms with van der Waals surface area (Å²) in [6.45, 7) is 3.58. The van der Waals surface area contributed by atoms with Gasteiger partial charge in [0, 0.05) is 31.5 Å². The molecular formula is C17H20FN3S. The van der Waals surface area contributed by atoms with E-state index < -0.39 is 0 Å². The highest BCUT2D eigenvalue weighted by Gasteiger charge is 2.02. The van der Waals surface area contributed by atoms with E-state index in [1.54, 1.807) is 12.1 Å². The second kappa shape index (κ2) is 7.75. The van der Waals surface area contributed by atoms with Crippen LogP contribution in [0.2, 0.25) is 0 Å². The van der Waals surface area contributed by atoms with Crippen LogP contribution in [0.25, 0.3) is 0 Å². The Morgan fingerprint density at radius 1 is 1.18 bits per heavy atom. The predicted octanol–water partition coefficient (Wildman–Crippen LogP) is 3.56. The maximum Gasteiger partial charge on any atom is 0.170 e.